The highest BCUT2D eigenvalue weighted by molar-refractivity contribution is 8.00. The van der Waals surface area contributed by atoms with Crippen molar-refractivity contribution in [2.45, 2.75) is 49.9 Å². The number of nitrogens with one attached hydrogen (secondary N) is 1. The number of hydrogen-bond acceptors (Lipinski definition) is 5. The lowest BCUT2D eigenvalue weighted by molar-refractivity contribution is -0.130. The van der Waals surface area contributed by atoms with E-state index >= 15 is 0 Å². The summed E-state index contributed by atoms with van der Waals surface area (Å²) in [7, 11) is 0. The van der Waals surface area contributed by atoms with Gasteiger partial charge >= 0.3 is 0 Å². The summed E-state index contributed by atoms with van der Waals surface area (Å²) in [6.45, 7) is 5.57. The summed E-state index contributed by atoms with van der Waals surface area (Å²) < 4.78 is 5.48. The number of aromatic amines is 1. The third-order valence-corrected chi connectivity index (χ3v) is 5.15. The van der Waals surface area contributed by atoms with Crippen LogP contribution in [0.4, 0.5) is 0 Å². The molecule has 25 heavy (non-hydrogen) atoms. The first-order valence-electron chi connectivity index (χ1n) is 8.74. The lowest BCUT2D eigenvalue weighted by atomic mass is 10.2. The van der Waals surface area contributed by atoms with E-state index in [0.29, 0.717) is 11.0 Å². The molecular weight excluding hydrogens is 336 g/mol. The topological polar surface area (TPSA) is 75.0 Å². The van der Waals surface area contributed by atoms with Gasteiger partial charge in [-0.25, -0.2) is 4.98 Å². The van der Waals surface area contributed by atoms with Crippen molar-refractivity contribution in [2.24, 2.45) is 0 Å². The van der Waals surface area contributed by atoms with Gasteiger partial charge in [-0.3, -0.25) is 9.89 Å². The molecule has 0 aliphatic carbocycles. The third kappa shape index (κ3) is 4.98. The molecule has 3 heterocycles. The molecule has 0 aromatic carbocycles. The predicted octanol–water partition coefficient (Wildman–Crippen LogP) is 3.76. The van der Waals surface area contributed by atoms with Crippen molar-refractivity contribution >= 4 is 29.8 Å². The van der Waals surface area contributed by atoms with E-state index in [2.05, 4.69) is 15.2 Å². The molecule has 1 N–H and O–H groups in total. The number of hydrogen-bond donors (Lipinski definition) is 1. The van der Waals surface area contributed by atoms with E-state index in [0.717, 1.165) is 37.5 Å². The molecule has 1 fully saturated rings. The van der Waals surface area contributed by atoms with E-state index in [-0.39, 0.29) is 11.2 Å². The molecule has 1 saturated heterocycles. The Balaban J connectivity index is 1.56. The summed E-state index contributed by atoms with van der Waals surface area (Å²) in [5.74, 6) is 2.47. The van der Waals surface area contributed by atoms with Crippen LogP contribution < -0.4 is 0 Å². The number of likely N-dealkylation sites (tertiary alicyclic amines) is 1. The number of carbonyl (C=O) groups is 1. The Hall–Kier alpha value is -2.02. The number of thioether (sulfide) groups is 1. The Labute approximate surface area is 152 Å². The fourth-order valence-corrected chi connectivity index (χ4v) is 3.66. The fourth-order valence-electron chi connectivity index (χ4n) is 2.85. The molecule has 0 spiro atoms. The molecule has 3 rings (SSSR count). The predicted molar refractivity (Wildman–Crippen MR) is 99.1 cm³/mol. The van der Waals surface area contributed by atoms with Gasteiger partial charge in [-0.1, -0.05) is 24.6 Å². The van der Waals surface area contributed by atoms with Gasteiger partial charge in [-0.2, -0.15) is 0 Å². The van der Waals surface area contributed by atoms with Gasteiger partial charge in [-0.05, 0) is 51.0 Å². The lowest BCUT2D eigenvalue weighted by Crippen LogP contribution is -2.37. The zero-order valence-electron chi connectivity index (χ0n) is 14.7. The number of rotatable bonds is 5. The van der Waals surface area contributed by atoms with Gasteiger partial charge in [0.1, 0.15) is 17.3 Å². The van der Waals surface area contributed by atoms with Gasteiger partial charge in [0.15, 0.2) is 0 Å². The average Bonchev–Trinajstić information content (AvgIpc) is 3.12. The van der Waals surface area contributed by atoms with Gasteiger partial charge in [0.25, 0.3) is 0 Å². The zero-order chi connectivity index (χ0) is 17.6. The molecule has 1 aliphatic heterocycles. The molecule has 0 radical (unpaired) electrons. The van der Waals surface area contributed by atoms with Gasteiger partial charge in [-0.15, -0.1) is 5.10 Å². The van der Waals surface area contributed by atoms with Gasteiger partial charge < -0.3 is 9.32 Å². The molecule has 134 valence electrons. The Kier molecular flexibility index (Phi) is 5.96. The largest absolute Gasteiger partial charge is 0.462 e. The molecule has 1 amide bonds. The summed E-state index contributed by atoms with van der Waals surface area (Å²) in [5.41, 5.74) is 0. The minimum atomic E-state index is -0.182. The number of aryl methyl sites for hydroxylation is 1. The van der Waals surface area contributed by atoms with E-state index in [1.54, 1.807) is 0 Å². The number of H-pyrrole nitrogens is 1. The van der Waals surface area contributed by atoms with Crippen molar-refractivity contribution in [2.75, 3.05) is 13.1 Å². The van der Waals surface area contributed by atoms with E-state index < -0.39 is 0 Å². The van der Waals surface area contributed by atoms with Crippen LogP contribution in [0.2, 0.25) is 0 Å². The van der Waals surface area contributed by atoms with Crippen LogP contribution in [-0.4, -0.2) is 44.3 Å². The van der Waals surface area contributed by atoms with Crippen LogP contribution in [0.5, 0.6) is 0 Å². The molecular formula is C18H24N4O2S. The van der Waals surface area contributed by atoms with E-state index in [1.165, 1.54) is 24.6 Å². The second-order valence-corrected chi connectivity index (χ2v) is 7.59. The van der Waals surface area contributed by atoms with Crippen molar-refractivity contribution in [1.82, 2.24) is 20.1 Å². The minimum absolute atomic E-state index is 0.180. The van der Waals surface area contributed by atoms with E-state index in [1.807, 2.05) is 43.0 Å². The molecule has 0 bridgehead atoms. The van der Waals surface area contributed by atoms with Crippen LogP contribution in [0.1, 0.15) is 50.0 Å². The summed E-state index contributed by atoms with van der Waals surface area (Å²) in [5, 5.41) is 7.48. The first-order valence-corrected chi connectivity index (χ1v) is 9.62. The highest BCUT2D eigenvalue weighted by atomic mass is 32.2. The summed E-state index contributed by atoms with van der Waals surface area (Å²) in [4.78, 5) is 19.0. The third-order valence-electron chi connectivity index (χ3n) is 4.20. The second-order valence-electron chi connectivity index (χ2n) is 6.28. The SMILES string of the molecule is Cc1ccc(/C=C/c2nc(SC(C)C(=O)N3CCCCCC3)n[nH]2)o1. The van der Waals surface area contributed by atoms with Crippen molar-refractivity contribution in [1.29, 1.82) is 0 Å². The average molecular weight is 360 g/mol. The highest BCUT2D eigenvalue weighted by Crippen LogP contribution is 2.22. The fraction of sp³-hybridized carbons (Fsp3) is 0.500. The van der Waals surface area contributed by atoms with Gasteiger partial charge in [0, 0.05) is 13.1 Å². The zero-order valence-corrected chi connectivity index (χ0v) is 15.5. The molecule has 1 aliphatic rings. The van der Waals surface area contributed by atoms with Crippen LogP contribution in [-0.2, 0) is 4.79 Å². The van der Waals surface area contributed by atoms with Crippen molar-refractivity contribution in [3.63, 3.8) is 0 Å². The maximum Gasteiger partial charge on any atom is 0.235 e. The molecule has 1 unspecified atom stereocenters. The minimum Gasteiger partial charge on any atom is -0.462 e. The highest BCUT2D eigenvalue weighted by Gasteiger charge is 2.23. The van der Waals surface area contributed by atoms with Crippen molar-refractivity contribution in [3.8, 4) is 0 Å². The van der Waals surface area contributed by atoms with Crippen LogP contribution in [0, 0.1) is 6.92 Å². The van der Waals surface area contributed by atoms with Crippen LogP contribution in [0.3, 0.4) is 0 Å². The number of aromatic nitrogens is 3. The van der Waals surface area contributed by atoms with Crippen molar-refractivity contribution < 1.29 is 9.21 Å². The van der Waals surface area contributed by atoms with Gasteiger partial charge in [0.2, 0.25) is 11.1 Å². The monoisotopic (exact) mass is 360 g/mol. The summed E-state index contributed by atoms with van der Waals surface area (Å²) in [6.07, 6.45) is 8.30. The maximum absolute atomic E-state index is 12.6. The van der Waals surface area contributed by atoms with Crippen molar-refractivity contribution in [3.05, 3.63) is 29.5 Å². The number of amides is 1. The smallest absolute Gasteiger partial charge is 0.235 e. The second kappa shape index (κ2) is 8.38. The number of nitrogens with zero attached hydrogens (tertiary/aromatic N) is 3. The molecule has 0 saturated carbocycles. The quantitative estimate of drug-likeness (QED) is 0.822. The Morgan fingerprint density at radius 1 is 1.28 bits per heavy atom. The lowest BCUT2D eigenvalue weighted by Gasteiger charge is -2.23. The molecule has 2 aromatic rings. The first-order chi connectivity index (χ1) is 12.1. The van der Waals surface area contributed by atoms with E-state index in [9.17, 15) is 4.79 Å². The van der Waals surface area contributed by atoms with Crippen LogP contribution in [0.25, 0.3) is 12.2 Å². The normalized spacial score (nSPS) is 17.0. The van der Waals surface area contributed by atoms with Gasteiger partial charge in [0.05, 0.1) is 5.25 Å². The number of carbonyl (C=O) groups excluding carboxylic acids is 1. The molecule has 6 nitrogen and oxygen atoms in total. The standard InChI is InChI=1S/C18H24N4O2S/c1-13-7-8-15(24-13)9-10-16-19-18(21-20-16)25-14(2)17(23)22-11-5-3-4-6-12-22/h7-10,14H,3-6,11-12H2,1-2H3,(H,19,20,21)/b10-9+. The molecule has 2 aromatic heterocycles. The summed E-state index contributed by atoms with van der Waals surface area (Å²) in [6, 6.07) is 3.82. The molecule has 7 heteroatoms. The number of furan rings is 1. The molecule has 1 atom stereocenters. The van der Waals surface area contributed by atoms with Crippen LogP contribution in [0.15, 0.2) is 21.7 Å². The van der Waals surface area contributed by atoms with E-state index in [4.69, 9.17) is 4.42 Å². The Bertz CT molecular complexity index is 729. The maximum atomic E-state index is 12.6. The first kappa shape index (κ1) is 17.8. The Morgan fingerprint density at radius 3 is 2.72 bits per heavy atom. The summed E-state index contributed by atoms with van der Waals surface area (Å²) >= 11 is 1.40. The van der Waals surface area contributed by atoms with Crippen LogP contribution >= 0.6 is 11.8 Å². The Morgan fingerprint density at radius 2 is 2.04 bits per heavy atom.